The standard InChI is InChI=1S/C18H15N2OP/c21-22(16-11-5-2-6-12-16)19-17-13-7-8-14-18(17)20(22)15-9-3-1-4-10-15/h1-14H,(H,19,21)/t22-/m1/s1. The van der Waals surface area contributed by atoms with Crippen molar-refractivity contribution in [1.29, 1.82) is 0 Å². The van der Waals surface area contributed by atoms with E-state index in [9.17, 15) is 4.57 Å². The second-order valence-electron chi connectivity index (χ2n) is 5.19. The summed E-state index contributed by atoms with van der Waals surface area (Å²) in [6, 6.07) is 27.4. The van der Waals surface area contributed by atoms with Crippen molar-refractivity contribution in [2.75, 3.05) is 9.76 Å². The Morgan fingerprint density at radius 1 is 0.727 bits per heavy atom. The Morgan fingerprint density at radius 3 is 2.05 bits per heavy atom. The van der Waals surface area contributed by atoms with Crippen molar-refractivity contribution in [1.82, 2.24) is 0 Å². The number of hydrogen-bond acceptors (Lipinski definition) is 1. The Balaban J connectivity index is 1.95. The van der Waals surface area contributed by atoms with Gasteiger partial charge in [-0.2, -0.15) is 0 Å². The van der Waals surface area contributed by atoms with E-state index in [2.05, 4.69) is 5.09 Å². The topological polar surface area (TPSA) is 32.3 Å². The van der Waals surface area contributed by atoms with Crippen molar-refractivity contribution in [2.45, 2.75) is 0 Å². The summed E-state index contributed by atoms with van der Waals surface area (Å²) < 4.78 is 15.7. The summed E-state index contributed by atoms with van der Waals surface area (Å²) in [6.45, 7) is 0. The molecular formula is C18H15N2OP. The maximum absolute atomic E-state index is 13.8. The summed E-state index contributed by atoms with van der Waals surface area (Å²) in [7, 11) is -2.95. The highest BCUT2D eigenvalue weighted by atomic mass is 31.2. The normalized spacial score (nSPS) is 19.5. The smallest absolute Gasteiger partial charge is 0.294 e. The number of para-hydroxylation sites is 3. The van der Waals surface area contributed by atoms with Crippen molar-refractivity contribution in [3.63, 3.8) is 0 Å². The molecule has 0 amide bonds. The largest absolute Gasteiger partial charge is 0.315 e. The highest BCUT2D eigenvalue weighted by Gasteiger charge is 2.41. The van der Waals surface area contributed by atoms with Gasteiger partial charge in [0.25, 0.3) is 7.44 Å². The molecule has 1 aliphatic heterocycles. The van der Waals surface area contributed by atoms with E-state index in [4.69, 9.17) is 0 Å². The minimum Gasteiger partial charge on any atom is -0.315 e. The van der Waals surface area contributed by atoms with Gasteiger partial charge in [0.05, 0.1) is 16.7 Å². The average molecular weight is 306 g/mol. The number of benzene rings is 3. The van der Waals surface area contributed by atoms with Crippen LogP contribution in [-0.4, -0.2) is 0 Å². The van der Waals surface area contributed by atoms with Gasteiger partial charge in [-0.15, -0.1) is 0 Å². The molecule has 0 saturated heterocycles. The fraction of sp³-hybridized carbons (Fsp3) is 0. The summed E-state index contributed by atoms with van der Waals surface area (Å²) in [5.41, 5.74) is 2.77. The number of fused-ring (bicyclic) bond motifs is 1. The van der Waals surface area contributed by atoms with Crippen molar-refractivity contribution >= 4 is 29.8 Å². The minimum atomic E-state index is -2.95. The average Bonchev–Trinajstić information content (AvgIpc) is 2.90. The predicted octanol–water partition coefficient (Wildman–Crippen LogP) is 4.77. The SMILES string of the molecule is O=[P@]1(c2ccccc2)Nc2ccccc2N1c1ccccc1. The number of rotatable bonds is 2. The third-order valence-electron chi connectivity index (χ3n) is 3.79. The molecule has 0 bridgehead atoms. The van der Waals surface area contributed by atoms with Crippen LogP contribution in [0.25, 0.3) is 0 Å². The quantitative estimate of drug-likeness (QED) is 0.692. The highest BCUT2D eigenvalue weighted by molar-refractivity contribution is 7.75. The molecule has 4 rings (SSSR count). The number of anilines is 3. The molecule has 1 heterocycles. The number of nitrogens with zero attached hydrogens (tertiary/aromatic N) is 1. The molecule has 3 aromatic rings. The van der Waals surface area contributed by atoms with E-state index in [1.54, 1.807) is 0 Å². The molecule has 108 valence electrons. The predicted molar refractivity (Wildman–Crippen MR) is 92.3 cm³/mol. The number of nitrogens with one attached hydrogen (secondary N) is 1. The van der Waals surface area contributed by atoms with Crippen LogP contribution in [0, 0.1) is 0 Å². The molecule has 0 aliphatic carbocycles. The van der Waals surface area contributed by atoms with Crippen LogP contribution >= 0.6 is 7.44 Å². The van der Waals surface area contributed by atoms with Gasteiger partial charge in [-0.25, -0.2) is 0 Å². The van der Waals surface area contributed by atoms with Gasteiger partial charge in [-0.05, 0) is 36.4 Å². The van der Waals surface area contributed by atoms with Gasteiger partial charge >= 0.3 is 0 Å². The van der Waals surface area contributed by atoms with Crippen LogP contribution in [0.4, 0.5) is 17.1 Å². The Hall–Kier alpha value is -2.51. The summed E-state index contributed by atoms with van der Waals surface area (Å²) in [5.74, 6) is 0. The lowest BCUT2D eigenvalue weighted by Crippen LogP contribution is -2.20. The third-order valence-corrected chi connectivity index (χ3v) is 6.34. The minimum absolute atomic E-state index is 0.801. The van der Waals surface area contributed by atoms with Gasteiger partial charge in [-0.1, -0.05) is 48.5 Å². The molecule has 1 aliphatic rings. The van der Waals surface area contributed by atoms with Gasteiger partial charge in [0.2, 0.25) is 0 Å². The molecule has 0 aromatic heterocycles. The van der Waals surface area contributed by atoms with E-state index in [1.165, 1.54) is 0 Å². The zero-order valence-corrected chi connectivity index (χ0v) is 12.8. The summed E-state index contributed by atoms with van der Waals surface area (Å²) in [5, 5.41) is 4.06. The zero-order chi connectivity index (χ0) is 15.0. The molecule has 0 spiro atoms. The molecular weight excluding hydrogens is 291 g/mol. The first-order chi connectivity index (χ1) is 10.8. The van der Waals surface area contributed by atoms with Gasteiger partial charge in [0.15, 0.2) is 0 Å². The lowest BCUT2D eigenvalue weighted by molar-refractivity contribution is 0.585. The van der Waals surface area contributed by atoms with E-state index in [0.717, 1.165) is 22.4 Å². The monoisotopic (exact) mass is 306 g/mol. The zero-order valence-electron chi connectivity index (χ0n) is 11.9. The first-order valence-electron chi connectivity index (χ1n) is 7.18. The number of hydrogen-bond donors (Lipinski definition) is 1. The van der Waals surface area contributed by atoms with E-state index in [-0.39, 0.29) is 0 Å². The fourth-order valence-electron chi connectivity index (χ4n) is 2.80. The van der Waals surface area contributed by atoms with Gasteiger partial charge in [0, 0.05) is 5.69 Å². The van der Waals surface area contributed by atoms with Crippen LogP contribution in [0.5, 0.6) is 0 Å². The molecule has 3 nitrogen and oxygen atoms in total. The van der Waals surface area contributed by atoms with Crippen LogP contribution in [0.15, 0.2) is 84.9 Å². The maximum atomic E-state index is 13.8. The van der Waals surface area contributed by atoms with Crippen LogP contribution in [-0.2, 0) is 4.57 Å². The van der Waals surface area contributed by atoms with E-state index in [1.807, 2.05) is 89.6 Å². The van der Waals surface area contributed by atoms with E-state index in [0.29, 0.717) is 0 Å². The summed E-state index contributed by atoms with van der Waals surface area (Å²) in [6.07, 6.45) is 0. The lowest BCUT2D eigenvalue weighted by Gasteiger charge is -2.27. The third kappa shape index (κ3) is 1.94. The molecule has 0 unspecified atom stereocenters. The van der Waals surface area contributed by atoms with E-state index >= 15 is 0 Å². The van der Waals surface area contributed by atoms with Gasteiger partial charge in [0.1, 0.15) is 0 Å². The summed E-state index contributed by atoms with van der Waals surface area (Å²) >= 11 is 0. The highest BCUT2D eigenvalue weighted by Crippen LogP contribution is 2.62. The molecule has 0 radical (unpaired) electrons. The molecule has 4 heteroatoms. The lowest BCUT2D eigenvalue weighted by atomic mass is 10.2. The van der Waals surface area contributed by atoms with Crippen molar-refractivity contribution < 1.29 is 4.57 Å². The van der Waals surface area contributed by atoms with Crippen molar-refractivity contribution in [3.05, 3.63) is 84.9 Å². The molecule has 22 heavy (non-hydrogen) atoms. The maximum Gasteiger partial charge on any atom is 0.294 e. The van der Waals surface area contributed by atoms with Crippen LogP contribution in [0.1, 0.15) is 0 Å². The molecule has 1 atom stereocenters. The van der Waals surface area contributed by atoms with Crippen LogP contribution < -0.4 is 15.1 Å². The Bertz CT molecular complexity index is 849. The first-order valence-corrected chi connectivity index (χ1v) is 8.84. The van der Waals surface area contributed by atoms with Crippen molar-refractivity contribution in [2.24, 2.45) is 0 Å². The second kappa shape index (κ2) is 5.04. The summed E-state index contributed by atoms with van der Waals surface area (Å²) in [4.78, 5) is 0. The molecule has 0 fully saturated rings. The van der Waals surface area contributed by atoms with E-state index < -0.39 is 7.44 Å². The Labute approximate surface area is 129 Å². The molecule has 3 aromatic carbocycles. The Morgan fingerprint density at radius 2 is 1.32 bits per heavy atom. The first kappa shape index (κ1) is 13.2. The van der Waals surface area contributed by atoms with Crippen LogP contribution in [0.2, 0.25) is 0 Å². The fourth-order valence-corrected chi connectivity index (χ4v) is 5.29. The van der Waals surface area contributed by atoms with Gasteiger partial charge < -0.3 is 5.09 Å². The Kier molecular flexibility index (Phi) is 3.02. The van der Waals surface area contributed by atoms with Crippen molar-refractivity contribution in [3.8, 4) is 0 Å². The molecule has 0 saturated carbocycles. The second-order valence-corrected chi connectivity index (χ2v) is 7.48. The molecule has 1 N–H and O–H groups in total. The van der Waals surface area contributed by atoms with Crippen LogP contribution in [0.3, 0.4) is 0 Å². The van der Waals surface area contributed by atoms with Gasteiger partial charge in [-0.3, -0.25) is 9.24 Å².